The van der Waals surface area contributed by atoms with Gasteiger partial charge in [0.25, 0.3) is 0 Å². The van der Waals surface area contributed by atoms with Gasteiger partial charge in [0.1, 0.15) is 0 Å². The monoisotopic (exact) mass is 254 g/mol. The topological polar surface area (TPSA) is 32.8 Å². The molecule has 1 unspecified atom stereocenters. The molecule has 2 aliphatic heterocycles. The summed E-state index contributed by atoms with van der Waals surface area (Å²) in [7, 11) is 1.74. The lowest BCUT2D eigenvalue weighted by Crippen LogP contribution is -2.43. The predicted molar refractivity (Wildman–Crippen MR) is 71.5 cm³/mol. The molecule has 0 bridgehead atoms. The van der Waals surface area contributed by atoms with Crippen LogP contribution in [0.4, 0.5) is 0 Å². The maximum atomic E-state index is 12.1. The second-order valence-corrected chi connectivity index (χ2v) is 5.49. The Morgan fingerprint density at radius 2 is 2.00 bits per heavy atom. The van der Waals surface area contributed by atoms with Gasteiger partial charge in [-0.3, -0.25) is 4.79 Å². The van der Waals surface area contributed by atoms with E-state index in [1.807, 2.05) is 4.90 Å². The number of hydrogen-bond acceptors (Lipinski definition) is 3. The fourth-order valence-electron chi connectivity index (χ4n) is 2.98. The maximum absolute atomic E-state index is 12.1. The molecular formula is C14H26N2O2. The van der Waals surface area contributed by atoms with Crippen molar-refractivity contribution in [2.24, 2.45) is 0 Å². The first-order valence-electron chi connectivity index (χ1n) is 7.32. The minimum atomic E-state index is 0.251. The molecular weight excluding hydrogens is 228 g/mol. The van der Waals surface area contributed by atoms with Crippen LogP contribution < -0.4 is 0 Å². The summed E-state index contributed by atoms with van der Waals surface area (Å²) in [5, 5.41) is 0. The van der Waals surface area contributed by atoms with Gasteiger partial charge in [0, 0.05) is 26.6 Å². The van der Waals surface area contributed by atoms with Crippen molar-refractivity contribution < 1.29 is 9.53 Å². The fourth-order valence-corrected chi connectivity index (χ4v) is 2.98. The molecule has 0 saturated carbocycles. The van der Waals surface area contributed by atoms with E-state index >= 15 is 0 Å². The SMILES string of the molecule is COC1CCCN(C(=O)CCCN2CCCC2)C1. The highest BCUT2D eigenvalue weighted by molar-refractivity contribution is 5.76. The molecule has 0 aromatic heterocycles. The van der Waals surface area contributed by atoms with E-state index in [0.717, 1.165) is 38.9 Å². The summed E-state index contributed by atoms with van der Waals surface area (Å²) < 4.78 is 5.36. The van der Waals surface area contributed by atoms with Gasteiger partial charge in [-0.15, -0.1) is 0 Å². The molecule has 4 nitrogen and oxygen atoms in total. The number of piperidine rings is 1. The summed E-state index contributed by atoms with van der Waals surface area (Å²) in [5.41, 5.74) is 0. The van der Waals surface area contributed by atoms with Gasteiger partial charge in [-0.2, -0.15) is 0 Å². The summed E-state index contributed by atoms with van der Waals surface area (Å²) >= 11 is 0. The van der Waals surface area contributed by atoms with Crippen LogP contribution in [-0.2, 0) is 9.53 Å². The molecule has 2 rings (SSSR count). The Kier molecular flexibility index (Phi) is 5.45. The van der Waals surface area contributed by atoms with Gasteiger partial charge in [-0.1, -0.05) is 0 Å². The molecule has 0 radical (unpaired) electrons. The van der Waals surface area contributed by atoms with E-state index in [2.05, 4.69) is 4.90 Å². The van der Waals surface area contributed by atoms with Gasteiger partial charge in [-0.25, -0.2) is 0 Å². The Morgan fingerprint density at radius 1 is 1.22 bits per heavy atom. The van der Waals surface area contributed by atoms with E-state index < -0.39 is 0 Å². The number of likely N-dealkylation sites (tertiary alicyclic amines) is 2. The van der Waals surface area contributed by atoms with Gasteiger partial charge in [0.2, 0.25) is 5.91 Å². The van der Waals surface area contributed by atoms with Crippen molar-refractivity contribution in [3.8, 4) is 0 Å². The maximum Gasteiger partial charge on any atom is 0.222 e. The fraction of sp³-hybridized carbons (Fsp3) is 0.929. The van der Waals surface area contributed by atoms with Gasteiger partial charge < -0.3 is 14.5 Å². The van der Waals surface area contributed by atoms with Gasteiger partial charge in [0.05, 0.1) is 6.10 Å². The van der Waals surface area contributed by atoms with Crippen molar-refractivity contribution in [1.29, 1.82) is 0 Å². The van der Waals surface area contributed by atoms with E-state index in [1.54, 1.807) is 7.11 Å². The second kappa shape index (κ2) is 7.10. The predicted octanol–water partition coefficient (Wildman–Crippen LogP) is 1.50. The molecule has 4 heteroatoms. The van der Waals surface area contributed by atoms with Crippen LogP contribution in [0.2, 0.25) is 0 Å². The van der Waals surface area contributed by atoms with Crippen molar-refractivity contribution in [2.75, 3.05) is 39.8 Å². The molecule has 0 aliphatic carbocycles. The summed E-state index contributed by atoms with van der Waals surface area (Å²) in [6.45, 7) is 5.25. The molecule has 2 aliphatic rings. The van der Waals surface area contributed by atoms with Crippen LogP contribution in [0.3, 0.4) is 0 Å². The van der Waals surface area contributed by atoms with Crippen LogP contribution in [0.5, 0.6) is 0 Å². The molecule has 0 aromatic rings. The highest BCUT2D eigenvalue weighted by Gasteiger charge is 2.23. The third-order valence-electron chi connectivity index (χ3n) is 4.13. The zero-order chi connectivity index (χ0) is 12.8. The summed E-state index contributed by atoms with van der Waals surface area (Å²) in [6, 6.07) is 0. The van der Waals surface area contributed by atoms with Crippen molar-refractivity contribution in [1.82, 2.24) is 9.80 Å². The molecule has 2 saturated heterocycles. The van der Waals surface area contributed by atoms with Crippen LogP contribution in [0.15, 0.2) is 0 Å². The lowest BCUT2D eigenvalue weighted by Gasteiger charge is -2.32. The molecule has 1 amide bonds. The number of rotatable bonds is 5. The zero-order valence-electron chi connectivity index (χ0n) is 11.6. The van der Waals surface area contributed by atoms with Crippen LogP contribution in [0.1, 0.15) is 38.5 Å². The molecule has 2 heterocycles. The van der Waals surface area contributed by atoms with E-state index in [-0.39, 0.29) is 6.10 Å². The van der Waals surface area contributed by atoms with Crippen LogP contribution >= 0.6 is 0 Å². The molecule has 18 heavy (non-hydrogen) atoms. The Bertz CT molecular complexity index is 265. The largest absolute Gasteiger partial charge is 0.380 e. The Morgan fingerprint density at radius 3 is 2.72 bits per heavy atom. The lowest BCUT2D eigenvalue weighted by atomic mass is 10.1. The summed E-state index contributed by atoms with van der Waals surface area (Å²) in [4.78, 5) is 16.5. The summed E-state index contributed by atoms with van der Waals surface area (Å²) in [6.07, 6.45) is 6.79. The van der Waals surface area contributed by atoms with Gasteiger partial charge in [0.15, 0.2) is 0 Å². The normalized spacial score (nSPS) is 25.6. The molecule has 0 aromatic carbocycles. The molecule has 0 spiro atoms. The number of amides is 1. The minimum absolute atomic E-state index is 0.251. The van der Waals surface area contributed by atoms with Gasteiger partial charge in [-0.05, 0) is 51.7 Å². The Balaban J connectivity index is 1.64. The smallest absolute Gasteiger partial charge is 0.222 e. The third kappa shape index (κ3) is 3.95. The summed E-state index contributed by atoms with van der Waals surface area (Å²) in [5.74, 6) is 0.316. The van der Waals surface area contributed by atoms with Crippen LogP contribution in [0, 0.1) is 0 Å². The van der Waals surface area contributed by atoms with E-state index in [0.29, 0.717) is 12.3 Å². The van der Waals surface area contributed by atoms with Crippen LogP contribution in [-0.4, -0.2) is 61.6 Å². The number of ether oxygens (including phenoxy) is 1. The second-order valence-electron chi connectivity index (χ2n) is 5.49. The van der Waals surface area contributed by atoms with Crippen molar-refractivity contribution in [3.63, 3.8) is 0 Å². The van der Waals surface area contributed by atoms with E-state index in [1.165, 1.54) is 25.9 Å². The average molecular weight is 254 g/mol. The quantitative estimate of drug-likeness (QED) is 0.745. The van der Waals surface area contributed by atoms with Crippen molar-refractivity contribution in [2.45, 2.75) is 44.6 Å². The first kappa shape index (κ1) is 13.8. The highest BCUT2D eigenvalue weighted by Crippen LogP contribution is 2.14. The third-order valence-corrected chi connectivity index (χ3v) is 4.13. The van der Waals surface area contributed by atoms with Crippen molar-refractivity contribution >= 4 is 5.91 Å². The molecule has 104 valence electrons. The highest BCUT2D eigenvalue weighted by atomic mass is 16.5. The number of nitrogens with zero attached hydrogens (tertiary/aromatic N) is 2. The molecule has 1 atom stereocenters. The van der Waals surface area contributed by atoms with E-state index in [4.69, 9.17) is 4.74 Å². The number of carbonyl (C=O) groups is 1. The number of carbonyl (C=O) groups excluding carboxylic acids is 1. The standard InChI is InChI=1S/C14H26N2O2/c1-18-13-6-4-11-16(12-13)14(17)7-5-10-15-8-2-3-9-15/h13H,2-12H2,1H3. The minimum Gasteiger partial charge on any atom is -0.380 e. The molecule has 0 N–H and O–H groups in total. The Hall–Kier alpha value is -0.610. The average Bonchev–Trinajstić information content (AvgIpc) is 2.92. The van der Waals surface area contributed by atoms with E-state index in [9.17, 15) is 4.79 Å². The first-order valence-corrected chi connectivity index (χ1v) is 7.32. The number of hydrogen-bond donors (Lipinski definition) is 0. The first-order chi connectivity index (χ1) is 8.79. The van der Waals surface area contributed by atoms with Gasteiger partial charge >= 0.3 is 0 Å². The number of methoxy groups -OCH3 is 1. The van der Waals surface area contributed by atoms with Crippen LogP contribution in [0.25, 0.3) is 0 Å². The molecule has 2 fully saturated rings. The van der Waals surface area contributed by atoms with Crippen molar-refractivity contribution in [3.05, 3.63) is 0 Å². The zero-order valence-corrected chi connectivity index (χ0v) is 11.6. The Labute approximate surface area is 110 Å². The lowest BCUT2D eigenvalue weighted by molar-refractivity contribution is -0.134.